The molecule has 25 heavy (non-hydrogen) atoms. The van der Waals surface area contributed by atoms with Crippen LogP contribution in [0.15, 0.2) is 41.5 Å². The summed E-state index contributed by atoms with van der Waals surface area (Å²) in [6.07, 6.45) is 1.38. The zero-order valence-corrected chi connectivity index (χ0v) is 14.6. The van der Waals surface area contributed by atoms with Crippen molar-refractivity contribution < 1.29 is 18.3 Å². The first-order valence-corrected chi connectivity index (χ1v) is 8.05. The van der Waals surface area contributed by atoms with E-state index in [2.05, 4.69) is 9.72 Å². The lowest BCUT2D eigenvalue weighted by Crippen LogP contribution is -2.36. The summed E-state index contributed by atoms with van der Waals surface area (Å²) in [6, 6.07) is 9.41. The summed E-state index contributed by atoms with van der Waals surface area (Å²) in [5.74, 6) is 0.662. The van der Waals surface area contributed by atoms with Crippen molar-refractivity contribution in [3.8, 4) is 11.6 Å². The molecule has 0 bridgehead atoms. The molecule has 1 aliphatic rings. The Balaban J connectivity index is 2.12. The molecule has 1 aromatic heterocycles. The summed E-state index contributed by atoms with van der Waals surface area (Å²) in [7, 11) is 0. The molecule has 0 amide bonds. The molecular weight excluding hydrogens is 326 g/mol. The van der Waals surface area contributed by atoms with Crippen molar-refractivity contribution in [2.24, 2.45) is 4.99 Å². The van der Waals surface area contributed by atoms with Crippen LogP contribution >= 0.6 is 0 Å². The number of alkyl halides is 2. The van der Waals surface area contributed by atoms with E-state index in [1.807, 2.05) is 45.0 Å². The largest absolute Gasteiger partial charge is 0.488 e. The number of pyridine rings is 1. The standard InChI is InChI=1S/C19H20F2N2O2/c1-11-9-13(10-22-17(11)25-18(20)21)16-14-7-5-6-8-15(14)24-12(2)19(3,4)23-16/h5-10,12,18H,1-4H3. The number of aryl methyl sites for hydroxylation is 1. The van der Waals surface area contributed by atoms with Gasteiger partial charge in [0.15, 0.2) is 0 Å². The van der Waals surface area contributed by atoms with E-state index in [4.69, 9.17) is 9.73 Å². The van der Waals surface area contributed by atoms with Crippen molar-refractivity contribution >= 4 is 5.71 Å². The monoisotopic (exact) mass is 346 g/mol. The maximum atomic E-state index is 12.4. The second-order valence-corrected chi connectivity index (χ2v) is 6.59. The third-order valence-corrected chi connectivity index (χ3v) is 4.35. The molecule has 0 radical (unpaired) electrons. The highest BCUT2D eigenvalue weighted by Gasteiger charge is 2.32. The predicted molar refractivity (Wildman–Crippen MR) is 91.9 cm³/mol. The van der Waals surface area contributed by atoms with Gasteiger partial charge in [-0.3, -0.25) is 4.99 Å². The van der Waals surface area contributed by atoms with Crippen LogP contribution in [0.25, 0.3) is 0 Å². The molecule has 0 saturated carbocycles. The Morgan fingerprint density at radius 2 is 1.96 bits per heavy atom. The molecule has 1 aromatic carbocycles. The van der Waals surface area contributed by atoms with E-state index in [-0.39, 0.29) is 12.0 Å². The number of aromatic nitrogens is 1. The van der Waals surface area contributed by atoms with Crippen LogP contribution in [0.2, 0.25) is 0 Å². The number of halogens is 2. The molecule has 1 aliphatic heterocycles. The molecule has 1 atom stereocenters. The van der Waals surface area contributed by atoms with E-state index in [1.165, 1.54) is 6.20 Å². The molecule has 4 nitrogen and oxygen atoms in total. The fourth-order valence-electron chi connectivity index (χ4n) is 2.66. The van der Waals surface area contributed by atoms with Crippen molar-refractivity contribution in [1.82, 2.24) is 4.98 Å². The highest BCUT2D eigenvalue weighted by Crippen LogP contribution is 2.32. The van der Waals surface area contributed by atoms with Crippen molar-refractivity contribution in [1.29, 1.82) is 0 Å². The van der Waals surface area contributed by atoms with Crippen LogP contribution < -0.4 is 9.47 Å². The first kappa shape index (κ1) is 17.3. The number of fused-ring (bicyclic) bond motifs is 1. The average Bonchev–Trinajstić information content (AvgIpc) is 2.64. The van der Waals surface area contributed by atoms with E-state index < -0.39 is 12.2 Å². The summed E-state index contributed by atoms with van der Waals surface area (Å²) >= 11 is 0. The SMILES string of the molecule is Cc1cc(C2=NC(C)(C)C(C)Oc3ccccc32)cnc1OC(F)F. The van der Waals surface area contributed by atoms with E-state index >= 15 is 0 Å². The van der Waals surface area contributed by atoms with Crippen molar-refractivity contribution in [2.75, 3.05) is 0 Å². The third kappa shape index (κ3) is 3.48. The van der Waals surface area contributed by atoms with Gasteiger partial charge in [-0.15, -0.1) is 0 Å². The number of ether oxygens (including phenoxy) is 2. The Kier molecular flexibility index (Phi) is 4.45. The number of rotatable bonds is 3. The van der Waals surface area contributed by atoms with Crippen LogP contribution in [-0.2, 0) is 0 Å². The lowest BCUT2D eigenvalue weighted by Gasteiger charge is -2.26. The maximum Gasteiger partial charge on any atom is 0.388 e. The first-order valence-electron chi connectivity index (χ1n) is 8.05. The van der Waals surface area contributed by atoms with Gasteiger partial charge in [-0.1, -0.05) is 12.1 Å². The highest BCUT2D eigenvalue weighted by atomic mass is 19.3. The van der Waals surface area contributed by atoms with Crippen LogP contribution in [0, 0.1) is 6.92 Å². The minimum atomic E-state index is -2.90. The van der Waals surface area contributed by atoms with Crippen molar-refractivity contribution in [3.05, 3.63) is 53.2 Å². The summed E-state index contributed by atoms with van der Waals surface area (Å²) in [5.41, 5.74) is 2.37. The van der Waals surface area contributed by atoms with Gasteiger partial charge >= 0.3 is 6.61 Å². The Labute approximate surface area is 145 Å². The zero-order valence-electron chi connectivity index (χ0n) is 14.6. The first-order chi connectivity index (χ1) is 11.8. The fourth-order valence-corrected chi connectivity index (χ4v) is 2.66. The van der Waals surface area contributed by atoms with Crippen LogP contribution in [0.1, 0.15) is 37.5 Å². The van der Waals surface area contributed by atoms with Crippen LogP contribution in [0.3, 0.4) is 0 Å². The molecule has 2 aromatic rings. The second kappa shape index (κ2) is 6.43. The quantitative estimate of drug-likeness (QED) is 0.828. The Morgan fingerprint density at radius 1 is 1.24 bits per heavy atom. The van der Waals surface area contributed by atoms with Gasteiger partial charge < -0.3 is 9.47 Å². The number of hydrogen-bond acceptors (Lipinski definition) is 4. The molecule has 2 heterocycles. The Hall–Kier alpha value is -2.50. The van der Waals surface area contributed by atoms with Crippen molar-refractivity contribution in [2.45, 2.75) is 45.9 Å². The summed E-state index contributed by atoms with van der Waals surface area (Å²) < 4.78 is 35.4. The van der Waals surface area contributed by atoms with Crippen LogP contribution in [-0.4, -0.2) is 29.0 Å². The summed E-state index contributed by atoms with van der Waals surface area (Å²) in [5, 5.41) is 0. The van der Waals surface area contributed by atoms with E-state index in [1.54, 1.807) is 13.0 Å². The number of hydrogen-bond donors (Lipinski definition) is 0. The zero-order chi connectivity index (χ0) is 18.2. The normalized spacial score (nSPS) is 18.8. The molecule has 0 saturated heterocycles. The summed E-state index contributed by atoms with van der Waals surface area (Å²) in [6.45, 7) is 4.76. The van der Waals surface area contributed by atoms with Gasteiger partial charge in [0.25, 0.3) is 0 Å². The molecule has 6 heteroatoms. The van der Waals surface area contributed by atoms with Gasteiger partial charge in [0.1, 0.15) is 11.9 Å². The molecule has 132 valence electrons. The van der Waals surface area contributed by atoms with Crippen molar-refractivity contribution in [3.63, 3.8) is 0 Å². The van der Waals surface area contributed by atoms with Gasteiger partial charge in [-0.05, 0) is 45.9 Å². The molecule has 0 spiro atoms. The Morgan fingerprint density at radius 3 is 2.64 bits per heavy atom. The number of nitrogens with zero attached hydrogens (tertiary/aromatic N) is 2. The van der Waals surface area contributed by atoms with Gasteiger partial charge in [0, 0.05) is 22.9 Å². The predicted octanol–water partition coefficient (Wildman–Crippen LogP) is 4.39. The molecule has 0 fully saturated rings. The lowest BCUT2D eigenvalue weighted by atomic mass is 9.98. The Bertz CT molecular complexity index is 819. The number of benzene rings is 1. The number of para-hydroxylation sites is 1. The molecule has 1 unspecified atom stereocenters. The summed E-state index contributed by atoms with van der Waals surface area (Å²) in [4.78, 5) is 8.93. The van der Waals surface area contributed by atoms with Crippen LogP contribution in [0.5, 0.6) is 11.6 Å². The molecular formula is C19H20F2N2O2. The van der Waals surface area contributed by atoms with E-state index in [9.17, 15) is 8.78 Å². The molecule has 0 N–H and O–H groups in total. The van der Waals surface area contributed by atoms with Gasteiger partial charge in [-0.2, -0.15) is 8.78 Å². The lowest BCUT2D eigenvalue weighted by molar-refractivity contribution is -0.0533. The average molecular weight is 346 g/mol. The van der Waals surface area contributed by atoms with Gasteiger partial charge in [0.05, 0.1) is 11.3 Å². The maximum absolute atomic E-state index is 12.4. The third-order valence-electron chi connectivity index (χ3n) is 4.35. The van der Waals surface area contributed by atoms with E-state index in [0.29, 0.717) is 5.56 Å². The minimum Gasteiger partial charge on any atom is -0.488 e. The second-order valence-electron chi connectivity index (χ2n) is 6.59. The fraction of sp³-hybridized carbons (Fsp3) is 0.368. The van der Waals surface area contributed by atoms with Gasteiger partial charge in [0.2, 0.25) is 5.88 Å². The van der Waals surface area contributed by atoms with Crippen LogP contribution in [0.4, 0.5) is 8.78 Å². The van der Waals surface area contributed by atoms with Gasteiger partial charge in [-0.25, -0.2) is 4.98 Å². The topological polar surface area (TPSA) is 43.7 Å². The highest BCUT2D eigenvalue weighted by molar-refractivity contribution is 6.14. The minimum absolute atomic E-state index is 0.0786. The smallest absolute Gasteiger partial charge is 0.388 e. The molecule has 0 aliphatic carbocycles. The number of aliphatic imine (C=N–C) groups is 1. The molecule has 3 rings (SSSR count). The van der Waals surface area contributed by atoms with E-state index in [0.717, 1.165) is 22.6 Å².